The van der Waals surface area contributed by atoms with E-state index in [1.54, 1.807) is 54.7 Å². The summed E-state index contributed by atoms with van der Waals surface area (Å²) in [6.45, 7) is 4.10. The lowest BCUT2D eigenvalue weighted by molar-refractivity contribution is -0.119. The normalized spacial score (nSPS) is 11.0. The van der Waals surface area contributed by atoms with Gasteiger partial charge >= 0.3 is 0 Å². The number of nitrogens with one attached hydrogen (secondary N) is 1. The molecular formula is C23H25N3O4S. The number of rotatable bonds is 9. The van der Waals surface area contributed by atoms with E-state index in [0.29, 0.717) is 23.7 Å². The molecule has 31 heavy (non-hydrogen) atoms. The van der Waals surface area contributed by atoms with Gasteiger partial charge in [0, 0.05) is 6.20 Å². The fourth-order valence-corrected chi connectivity index (χ4v) is 4.33. The van der Waals surface area contributed by atoms with Crippen LogP contribution in [0.3, 0.4) is 0 Å². The lowest BCUT2D eigenvalue weighted by Gasteiger charge is -2.24. The Morgan fingerprint density at radius 3 is 2.35 bits per heavy atom. The molecule has 0 saturated heterocycles. The number of ether oxygens (including phenoxy) is 1. The van der Waals surface area contributed by atoms with Crippen LogP contribution >= 0.6 is 0 Å². The summed E-state index contributed by atoms with van der Waals surface area (Å²) in [4.78, 5) is 16.9. The second-order valence-electron chi connectivity index (χ2n) is 6.85. The molecule has 0 spiro atoms. The first-order chi connectivity index (χ1) is 14.9. The van der Waals surface area contributed by atoms with Crippen molar-refractivity contribution in [1.29, 1.82) is 0 Å². The number of aromatic nitrogens is 1. The van der Waals surface area contributed by atoms with Crippen LogP contribution in [0.4, 0.5) is 5.69 Å². The first kappa shape index (κ1) is 22.3. The van der Waals surface area contributed by atoms with Gasteiger partial charge in [0.25, 0.3) is 10.0 Å². The zero-order chi connectivity index (χ0) is 22.3. The molecule has 7 nitrogen and oxygen atoms in total. The number of pyridine rings is 1. The molecule has 0 radical (unpaired) electrons. The highest BCUT2D eigenvalue weighted by molar-refractivity contribution is 7.92. The van der Waals surface area contributed by atoms with Crippen molar-refractivity contribution in [2.24, 2.45) is 0 Å². The summed E-state index contributed by atoms with van der Waals surface area (Å²) in [5, 5.41) is 2.73. The van der Waals surface area contributed by atoms with E-state index in [0.717, 1.165) is 9.87 Å². The van der Waals surface area contributed by atoms with Crippen LogP contribution < -0.4 is 14.4 Å². The summed E-state index contributed by atoms with van der Waals surface area (Å²) in [6, 6.07) is 18.5. The van der Waals surface area contributed by atoms with Crippen LogP contribution in [0.15, 0.2) is 77.8 Å². The number of carbonyl (C=O) groups excluding carboxylic acids is 1. The van der Waals surface area contributed by atoms with Crippen molar-refractivity contribution in [3.63, 3.8) is 0 Å². The van der Waals surface area contributed by atoms with E-state index in [-0.39, 0.29) is 18.0 Å². The van der Waals surface area contributed by atoms with E-state index in [1.165, 1.54) is 12.1 Å². The largest absolute Gasteiger partial charge is 0.494 e. The Morgan fingerprint density at radius 1 is 1.03 bits per heavy atom. The van der Waals surface area contributed by atoms with E-state index in [1.807, 2.05) is 19.9 Å². The molecule has 2 aromatic carbocycles. The van der Waals surface area contributed by atoms with Crippen LogP contribution in [0, 0.1) is 6.92 Å². The standard InChI is InChI=1S/C23H25N3O4S/c1-3-30-21-11-9-20(10-12-21)26(31(28,29)22-13-7-18(2)8-14-22)17-23(27)25-16-19-6-4-5-15-24-19/h4-15H,3,16-17H2,1-2H3,(H,25,27). The molecule has 162 valence electrons. The highest BCUT2D eigenvalue weighted by Crippen LogP contribution is 2.26. The molecule has 0 atom stereocenters. The molecule has 3 aromatic rings. The number of benzene rings is 2. The zero-order valence-corrected chi connectivity index (χ0v) is 18.3. The second kappa shape index (κ2) is 10.1. The Bertz CT molecular complexity index is 1100. The number of amides is 1. The number of anilines is 1. The maximum absolute atomic E-state index is 13.4. The maximum atomic E-state index is 13.4. The first-order valence-corrected chi connectivity index (χ1v) is 11.3. The number of carbonyl (C=O) groups is 1. The minimum atomic E-state index is -3.96. The monoisotopic (exact) mass is 439 g/mol. The maximum Gasteiger partial charge on any atom is 0.264 e. The molecular weight excluding hydrogens is 414 g/mol. The minimum Gasteiger partial charge on any atom is -0.494 e. The number of hydrogen-bond acceptors (Lipinski definition) is 5. The number of sulfonamides is 1. The van der Waals surface area contributed by atoms with Crippen LogP contribution in [0.25, 0.3) is 0 Å². The van der Waals surface area contributed by atoms with Gasteiger partial charge in [-0.25, -0.2) is 8.42 Å². The molecule has 1 N–H and O–H groups in total. The number of aryl methyl sites for hydroxylation is 1. The summed E-state index contributed by atoms with van der Waals surface area (Å²) in [5.41, 5.74) is 2.00. The molecule has 0 saturated carbocycles. The summed E-state index contributed by atoms with van der Waals surface area (Å²) >= 11 is 0. The van der Waals surface area contributed by atoms with Gasteiger partial charge in [-0.15, -0.1) is 0 Å². The van der Waals surface area contributed by atoms with Crippen LogP contribution in [-0.4, -0.2) is 32.5 Å². The molecule has 8 heteroatoms. The van der Waals surface area contributed by atoms with Crippen LogP contribution in [0.2, 0.25) is 0 Å². The van der Waals surface area contributed by atoms with Crippen molar-refractivity contribution >= 4 is 21.6 Å². The Balaban J connectivity index is 1.86. The van der Waals surface area contributed by atoms with Gasteiger partial charge in [-0.3, -0.25) is 14.1 Å². The van der Waals surface area contributed by atoms with Gasteiger partial charge in [-0.1, -0.05) is 23.8 Å². The van der Waals surface area contributed by atoms with Crippen LogP contribution in [0.5, 0.6) is 5.75 Å². The Labute approximate surface area is 182 Å². The van der Waals surface area contributed by atoms with Gasteiger partial charge in [0.2, 0.25) is 5.91 Å². The predicted molar refractivity (Wildman–Crippen MR) is 119 cm³/mol. The fraction of sp³-hybridized carbons (Fsp3) is 0.217. The lowest BCUT2D eigenvalue weighted by Crippen LogP contribution is -2.40. The fourth-order valence-electron chi connectivity index (χ4n) is 2.91. The minimum absolute atomic E-state index is 0.115. The topological polar surface area (TPSA) is 88.6 Å². The van der Waals surface area contributed by atoms with Gasteiger partial charge in [0.15, 0.2) is 0 Å². The van der Waals surface area contributed by atoms with Crippen molar-refractivity contribution in [2.75, 3.05) is 17.5 Å². The molecule has 0 aliphatic rings. The third kappa shape index (κ3) is 5.82. The average Bonchev–Trinajstić information content (AvgIpc) is 2.78. The quantitative estimate of drug-likeness (QED) is 0.553. The van der Waals surface area contributed by atoms with Crippen molar-refractivity contribution in [3.05, 3.63) is 84.2 Å². The van der Waals surface area contributed by atoms with E-state index < -0.39 is 15.9 Å². The van der Waals surface area contributed by atoms with E-state index in [2.05, 4.69) is 10.3 Å². The van der Waals surface area contributed by atoms with Crippen molar-refractivity contribution in [1.82, 2.24) is 10.3 Å². The van der Waals surface area contributed by atoms with E-state index in [9.17, 15) is 13.2 Å². The lowest BCUT2D eigenvalue weighted by atomic mass is 10.2. The third-order valence-corrected chi connectivity index (χ3v) is 6.31. The summed E-state index contributed by atoms with van der Waals surface area (Å²) in [6.07, 6.45) is 1.63. The average molecular weight is 440 g/mol. The predicted octanol–water partition coefficient (Wildman–Crippen LogP) is 3.30. The van der Waals surface area contributed by atoms with Crippen molar-refractivity contribution in [2.45, 2.75) is 25.3 Å². The van der Waals surface area contributed by atoms with Gasteiger partial charge in [-0.05, 0) is 62.4 Å². The second-order valence-corrected chi connectivity index (χ2v) is 8.71. The van der Waals surface area contributed by atoms with Crippen molar-refractivity contribution in [3.8, 4) is 5.75 Å². The van der Waals surface area contributed by atoms with Gasteiger partial charge in [0.05, 0.1) is 29.4 Å². The highest BCUT2D eigenvalue weighted by atomic mass is 32.2. The van der Waals surface area contributed by atoms with Crippen LogP contribution in [-0.2, 0) is 21.4 Å². The molecule has 3 rings (SSSR count). The van der Waals surface area contributed by atoms with E-state index >= 15 is 0 Å². The Hall–Kier alpha value is -3.39. The Kier molecular flexibility index (Phi) is 7.25. The van der Waals surface area contributed by atoms with Gasteiger partial charge in [0.1, 0.15) is 12.3 Å². The molecule has 0 unspecified atom stereocenters. The zero-order valence-electron chi connectivity index (χ0n) is 17.5. The molecule has 0 bridgehead atoms. The summed E-state index contributed by atoms with van der Waals surface area (Å²) in [5.74, 6) is 0.189. The Morgan fingerprint density at radius 2 is 1.74 bits per heavy atom. The summed E-state index contributed by atoms with van der Waals surface area (Å²) < 4.78 is 33.3. The molecule has 1 amide bonds. The van der Waals surface area contributed by atoms with Crippen molar-refractivity contribution < 1.29 is 17.9 Å². The third-order valence-electron chi connectivity index (χ3n) is 4.52. The van der Waals surface area contributed by atoms with E-state index in [4.69, 9.17) is 4.74 Å². The SMILES string of the molecule is CCOc1ccc(N(CC(=O)NCc2ccccn2)S(=O)(=O)c2ccc(C)cc2)cc1. The molecule has 0 aliphatic heterocycles. The number of hydrogen-bond donors (Lipinski definition) is 1. The summed E-state index contributed by atoms with van der Waals surface area (Å²) in [7, 11) is -3.96. The number of nitrogens with zero attached hydrogens (tertiary/aromatic N) is 2. The highest BCUT2D eigenvalue weighted by Gasteiger charge is 2.27. The van der Waals surface area contributed by atoms with Gasteiger partial charge < -0.3 is 10.1 Å². The first-order valence-electron chi connectivity index (χ1n) is 9.89. The van der Waals surface area contributed by atoms with Crippen LogP contribution in [0.1, 0.15) is 18.2 Å². The smallest absolute Gasteiger partial charge is 0.264 e. The van der Waals surface area contributed by atoms with Gasteiger partial charge in [-0.2, -0.15) is 0 Å². The molecule has 1 aromatic heterocycles. The molecule has 0 fully saturated rings. The molecule has 0 aliphatic carbocycles. The molecule has 1 heterocycles.